The fraction of sp³-hybridized carbons (Fsp3) is 0.200. The lowest BCUT2D eigenvalue weighted by Crippen LogP contribution is -2.19. The maximum absolute atomic E-state index is 12.0. The Kier molecular flexibility index (Phi) is 5.66. The number of nitrogens with zero attached hydrogens (tertiary/aromatic N) is 1. The number of benzene rings is 2. The highest BCUT2D eigenvalue weighted by atomic mass is 79.9. The number of rotatable bonds is 5. The Balaban J connectivity index is 1.64. The molecule has 5 heteroatoms. The highest BCUT2D eigenvalue weighted by Gasteiger charge is 2.18. The third-order valence-corrected chi connectivity index (χ3v) is 4.53. The van der Waals surface area contributed by atoms with E-state index in [1.54, 1.807) is 0 Å². The molecule has 0 bridgehead atoms. The van der Waals surface area contributed by atoms with Crippen molar-refractivity contribution in [3.05, 3.63) is 70.7 Å². The predicted octanol–water partition coefficient (Wildman–Crippen LogP) is 5.58. The van der Waals surface area contributed by atoms with Crippen LogP contribution in [-0.2, 0) is 0 Å². The highest BCUT2D eigenvalue weighted by Crippen LogP contribution is 2.26. The van der Waals surface area contributed by atoms with Crippen LogP contribution in [0.5, 0.6) is 0 Å². The van der Waals surface area contributed by atoms with Crippen LogP contribution < -0.4 is 10.6 Å². The lowest BCUT2D eigenvalue weighted by atomic mass is 10.1. The van der Waals surface area contributed by atoms with E-state index in [0.29, 0.717) is 0 Å². The minimum absolute atomic E-state index is 0.254. The average molecular weight is 398 g/mol. The van der Waals surface area contributed by atoms with Gasteiger partial charge in [0.25, 0.3) is 0 Å². The first-order valence-electron chi connectivity index (χ1n) is 8.34. The van der Waals surface area contributed by atoms with Gasteiger partial charge < -0.3 is 10.6 Å². The van der Waals surface area contributed by atoms with E-state index in [-0.39, 0.29) is 12.1 Å². The van der Waals surface area contributed by atoms with Crippen molar-refractivity contribution in [1.82, 2.24) is 0 Å². The molecule has 0 radical (unpaired) electrons. The van der Waals surface area contributed by atoms with Crippen LogP contribution in [0.4, 0.5) is 16.2 Å². The Morgan fingerprint density at radius 3 is 2.32 bits per heavy atom. The number of nitrogens with one attached hydrogen (secondary N) is 2. The number of anilines is 2. The smallest absolute Gasteiger partial charge is 0.308 e. The zero-order valence-electron chi connectivity index (χ0n) is 14.0. The van der Waals surface area contributed by atoms with Gasteiger partial charge >= 0.3 is 6.03 Å². The zero-order valence-corrected chi connectivity index (χ0v) is 15.6. The fourth-order valence-corrected chi connectivity index (χ4v) is 3.33. The second-order valence-electron chi connectivity index (χ2n) is 5.87. The van der Waals surface area contributed by atoms with Gasteiger partial charge in [-0.3, -0.25) is 4.99 Å². The van der Waals surface area contributed by atoms with E-state index in [1.807, 2.05) is 54.6 Å². The van der Waals surface area contributed by atoms with Crippen molar-refractivity contribution in [1.29, 1.82) is 0 Å². The summed E-state index contributed by atoms with van der Waals surface area (Å²) in [6.07, 6.45) is 4.31. The van der Waals surface area contributed by atoms with E-state index >= 15 is 0 Å². The van der Waals surface area contributed by atoms with Crippen molar-refractivity contribution in [2.45, 2.75) is 25.8 Å². The van der Waals surface area contributed by atoms with Crippen molar-refractivity contribution in [3.63, 3.8) is 0 Å². The molecule has 0 aromatic heterocycles. The summed E-state index contributed by atoms with van der Waals surface area (Å²) >= 11 is 3.60. The number of para-hydroxylation sites is 1. The molecule has 2 amide bonds. The molecular weight excluding hydrogens is 378 g/mol. The molecule has 128 valence electrons. The van der Waals surface area contributed by atoms with Crippen LogP contribution in [0.2, 0.25) is 0 Å². The summed E-state index contributed by atoms with van der Waals surface area (Å²) < 4.78 is 1.04. The molecule has 1 atom stereocenters. The Labute approximate surface area is 156 Å². The Morgan fingerprint density at radius 2 is 1.68 bits per heavy atom. The van der Waals surface area contributed by atoms with E-state index in [2.05, 4.69) is 39.6 Å². The molecular formula is C20H20BrN3O. The number of carbonyl (C=O) groups is 1. The van der Waals surface area contributed by atoms with Gasteiger partial charge in [-0.1, -0.05) is 43.7 Å². The van der Waals surface area contributed by atoms with Gasteiger partial charge in [-0.05, 0) is 52.7 Å². The molecule has 2 aromatic rings. The summed E-state index contributed by atoms with van der Waals surface area (Å²) in [6.45, 7) is 2.16. The maximum atomic E-state index is 12.0. The lowest BCUT2D eigenvalue weighted by Gasteiger charge is -2.09. The van der Waals surface area contributed by atoms with Gasteiger partial charge in [0.2, 0.25) is 0 Å². The monoisotopic (exact) mass is 397 g/mol. The van der Waals surface area contributed by atoms with Crippen LogP contribution in [0.25, 0.3) is 0 Å². The molecule has 25 heavy (non-hydrogen) atoms. The maximum Gasteiger partial charge on any atom is 0.323 e. The SMILES string of the molecule is CCCC1C=C(Br)C(c2ccc(NC(=O)Nc3ccccc3)cc2)=N1. The number of halogens is 1. The normalized spacial score (nSPS) is 16.2. The Bertz CT molecular complexity index is 797. The van der Waals surface area contributed by atoms with Crippen molar-refractivity contribution < 1.29 is 4.79 Å². The summed E-state index contributed by atoms with van der Waals surface area (Å²) in [5.41, 5.74) is 3.50. The summed E-state index contributed by atoms with van der Waals surface area (Å²) in [7, 11) is 0. The first kappa shape index (κ1) is 17.4. The van der Waals surface area contributed by atoms with E-state index < -0.39 is 0 Å². The van der Waals surface area contributed by atoms with Crippen molar-refractivity contribution in [2.75, 3.05) is 10.6 Å². The Hall–Kier alpha value is -2.40. The first-order valence-corrected chi connectivity index (χ1v) is 9.14. The van der Waals surface area contributed by atoms with Crippen LogP contribution >= 0.6 is 15.9 Å². The van der Waals surface area contributed by atoms with E-state index in [0.717, 1.165) is 40.0 Å². The number of urea groups is 1. The summed E-state index contributed by atoms with van der Waals surface area (Å²) in [4.78, 5) is 16.8. The van der Waals surface area contributed by atoms with Gasteiger partial charge in [0.1, 0.15) is 0 Å². The largest absolute Gasteiger partial charge is 0.323 e. The second kappa shape index (κ2) is 8.12. The van der Waals surface area contributed by atoms with Crippen LogP contribution in [0.3, 0.4) is 0 Å². The molecule has 0 spiro atoms. The summed E-state index contributed by atoms with van der Waals surface area (Å²) in [5.74, 6) is 0. The molecule has 0 saturated heterocycles. The van der Waals surface area contributed by atoms with Crippen LogP contribution in [0, 0.1) is 0 Å². The third-order valence-electron chi connectivity index (χ3n) is 3.89. The molecule has 1 heterocycles. The number of amides is 2. The number of carbonyl (C=O) groups excluding carboxylic acids is 1. The molecule has 4 nitrogen and oxygen atoms in total. The molecule has 3 rings (SSSR count). The average Bonchev–Trinajstić information content (AvgIpc) is 2.97. The second-order valence-corrected chi connectivity index (χ2v) is 6.73. The minimum Gasteiger partial charge on any atom is -0.308 e. The number of hydrogen-bond acceptors (Lipinski definition) is 2. The molecule has 1 aliphatic heterocycles. The summed E-state index contributed by atoms with van der Waals surface area (Å²) in [5, 5.41) is 5.63. The molecule has 0 aliphatic carbocycles. The lowest BCUT2D eigenvalue weighted by molar-refractivity contribution is 0.262. The molecule has 2 aromatic carbocycles. The van der Waals surface area contributed by atoms with Crippen molar-refractivity contribution in [3.8, 4) is 0 Å². The van der Waals surface area contributed by atoms with E-state index in [1.165, 1.54) is 0 Å². The van der Waals surface area contributed by atoms with Crippen LogP contribution in [-0.4, -0.2) is 17.8 Å². The molecule has 2 N–H and O–H groups in total. The van der Waals surface area contributed by atoms with Crippen molar-refractivity contribution >= 4 is 39.0 Å². The zero-order chi connectivity index (χ0) is 17.6. The fourth-order valence-electron chi connectivity index (χ4n) is 2.70. The Morgan fingerprint density at radius 1 is 1.04 bits per heavy atom. The van der Waals surface area contributed by atoms with Crippen LogP contribution in [0.1, 0.15) is 25.3 Å². The molecule has 0 saturated carbocycles. The molecule has 0 fully saturated rings. The summed E-state index contributed by atoms with van der Waals surface area (Å²) in [6, 6.07) is 17.1. The van der Waals surface area contributed by atoms with Gasteiger partial charge in [0.15, 0.2) is 0 Å². The predicted molar refractivity (Wildman–Crippen MR) is 108 cm³/mol. The van der Waals surface area contributed by atoms with Gasteiger partial charge in [0, 0.05) is 21.4 Å². The standard InChI is InChI=1S/C20H20BrN3O/c1-2-6-17-13-18(21)19(22-17)14-9-11-16(12-10-14)24-20(25)23-15-7-4-3-5-8-15/h3-5,7-13,17H,2,6H2,1H3,(H2,23,24,25). The van der Waals surface area contributed by atoms with Crippen LogP contribution in [0.15, 0.2) is 70.1 Å². The van der Waals surface area contributed by atoms with E-state index in [4.69, 9.17) is 4.99 Å². The van der Waals surface area contributed by atoms with Crippen molar-refractivity contribution in [2.24, 2.45) is 4.99 Å². The number of hydrogen-bond donors (Lipinski definition) is 2. The minimum atomic E-state index is -0.263. The molecule has 1 aliphatic rings. The van der Waals surface area contributed by atoms with Gasteiger partial charge in [-0.2, -0.15) is 0 Å². The number of allylic oxidation sites excluding steroid dienone is 1. The molecule has 1 unspecified atom stereocenters. The van der Waals surface area contributed by atoms with Gasteiger partial charge in [-0.15, -0.1) is 0 Å². The first-order chi connectivity index (χ1) is 12.2. The topological polar surface area (TPSA) is 53.5 Å². The quantitative estimate of drug-likeness (QED) is 0.679. The van der Waals surface area contributed by atoms with Gasteiger partial charge in [0.05, 0.1) is 11.8 Å². The number of aliphatic imine (C=N–C) groups is 1. The highest BCUT2D eigenvalue weighted by molar-refractivity contribution is 9.12. The van der Waals surface area contributed by atoms with E-state index in [9.17, 15) is 4.79 Å². The third kappa shape index (κ3) is 4.57. The van der Waals surface area contributed by atoms with Gasteiger partial charge in [-0.25, -0.2) is 4.79 Å².